The summed E-state index contributed by atoms with van der Waals surface area (Å²) in [4.78, 5) is 21.7. The topological polar surface area (TPSA) is 84.2 Å². The van der Waals surface area contributed by atoms with Crippen molar-refractivity contribution in [2.75, 3.05) is 5.32 Å². The van der Waals surface area contributed by atoms with Crippen LogP contribution in [0.1, 0.15) is 11.4 Å². The monoisotopic (exact) mass is 393 g/mol. The lowest BCUT2D eigenvalue weighted by Gasteiger charge is -2.11. The Morgan fingerprint density at radius 1 is 1.00 bits per heavy atom. The second kappa shape index (κ2) is 7.13. The molecule has 0 aliphatic rings. The number of hydrogen-bond donors (Lipinski definition) is 2. The van der Waals surface area contributed by atoms with Gasteiger partial charge in [-0.25, -0.2) is 9.48 Å². The standard InChI is InChI=1S/C15H9F6N3O3/c16-14(17,18)10-7-11(15(19,20)21)24(23-10)9-3-1-8(2-4-9)22-12(25)5-6-13(26)27/h1-7H,(H,22,25)(H,26,27). The summed E-state index contributed by atoms with van der Waals surface area (Å²) in [5.41, 5.74) is -3.56. The first-order valence-corrected chi connectivity index (χ1v) is 6.95. The van der Waals surface area contributed by atoms with Crippen LogP contribution in [-0.4, -0.2) is 26.8 Å². The third-order valence-corrected chi connectivity index (χ3v) is 3.05. The number of alkyl halides is 6. The summed E-state index contributed by atoms with van der Waals surface area (Å²) in [6.07, 6.45) is -8.86. The number of aliphatic carboxylic acids is 1. The Hall–Kier alpha value is -3.31. The second-order valence-corrected chi connectivity index (χ2v) is 5.03. The minimum absolute atomic E-state index is 0.0792. The Labute approximate surface area is 146 Å². The number of hydrogen-bond acceptors (Lipinski definition) is 3. The number of anilines is 1. The van der Waals surface area contributed by atoms with Crippen LogP contribution in [0.15, 0.2) is 42.5 Å². The molecule has 0 saturated carbocycles. The van der Waals surface area contributed by atoms with E-state index < -0.39 is 35.6 Å². The van der Waals surface area contributed by atoms with E-state index in [9.17, 15) is 35.9 Å². The molecule has 2 rings (SSSR count). The SMILES string of the molecule is O=C(O)C=CC(=O)Nc1ccc(-n2nc(C(F)(F)F)cc2C(F)(F)F)cc1. The number of rotatable bonds is 4. The number of carboxylic acids is 1. The van der Waals surface area contributed by atoms with Gasteiger partial charge in [0.1, 0.15) is 5.69 Å². The zero-order valence-electron chi connectivity index (χ0n) is 13.0. The third kappa shape index (κ3) is 5.09. The van der Waals surface area contributed by atoms with Gasteiger partial charge in [-0.15, -0.1) is 0 Å². The number of nitrogens with zero attached hydrogens (tertiary/aromatic N) is 2. The zero-order valence-corrected chi connectivity index (χ0v) is 13.0. The largest absolute Gasteiger partial charge is 0.478 e. The van der Waals surface area contributed by atoms with Gasteiger partial charge in [0.05, 0.1) is 5.69 Å². The molecule has 0 fully saturated rings. The number of carbonyl (C=O) groups is 2. The highest BCUT2D eigenvalue weighted by Crippen LogP contribution is 2.36. The van der Waals surface area contributed by atoms with Crippen molar-refractivity contribution >= 4 is 17.6 Å². The molecule has 1 heterocycles. The maximum Gasteiger partial charge on any atom is 0.435 e. The molecule has 144 valence electrons. The molecular weight excluding hydrogens is 384 g/mol. The highest BCUT2D eigenvalue weighted by Gasteiger charge is 2.42. The van der Waals surface area contributed by atoms with Crippen molar-refractivity contribution in [3.8, 4) is 5.69 Å². The molecule has 0 saturated heterocycles. The lowest BCUT2D eigenvalue weighted by Crippen LogP contribution is -2.13. The summed E-state index contributed by atoms with van der Waals surface area (Å²) in [6.45, 7) is 0. The van der Waals surface area contributed by atoms with E-state index in [1.807, 2.05) is 0 Å². The fraction of sp³-hybridized carbons (Fsp3) is 0.133. The fourth-order valence-corrected chi connectivity index (χ4v) is 1.94. The quantitative estimate of drug-likeness (QED) is 0.615. The first-order valence-electron chi connectivity index (χ1n) is 6.95. The minimum atomic E-state index is -5.08. The molecule has 1 amide bonds. The van der Waals surface area contributed by atoms with Crippen LogP contribution in [0, 0.1) is 0 Å². The van der Waals surface area contributed by atoms with Crippen LogP contribution < -0.4 is 5.32 Å². The molecule has 0 radical (unpaired) electrons. The van der Waals surface area contributed by atoms with Crippen molar-refractivity contribution < 1.29 is 41.0 Å². The van der Waals surface area contributed by atoms with Gasteiger partial charge in [0.25, 0.3) is 0 Å². The molecule has 12 heteroatoms. The first-order chi connectivity index (χ1) is 12.4. The molecule has 0 bridgehead atoms. The van der Waals surface area contributed by atoms with Crippen molar-refractivity contribution in [3.05, 3.63) is 53.9 Å². The maximum absolute atomic E-state index is 13.0. The van der Waals surface area contributed by atoms with Crippen LogP contribution in [0.25, 0.3) is 5.69 Å². The van der Waals surface area contributed by atoms with Gasteiger partial charge in [-0.1, -0.05) is 0 Å². The predicted molar refractivity (Wildman–Crippen MR) is 79.0 cm³/mol. The Morgan fingerprint density at radius 2 is 1.59 bits per heavy atom. The van der Waals surface area contributed by atoms with E-state index in [1.165, 1.54) is 0 Å². The summed E-state index contributed by atoms with van der Waals surface area (Å²) >= 11 is 0. The average Bonchev–Trinajstić information content (AvgIpc) is 2.99. The highest BCUT2D eigenvalue weighted by molar-refractivity contribution is 6.02. The van der Waals surface area contributed by atoms with Crippen molar-refractivity contribution in [1.82, 2.24) is 9.78 Å². The zero-order chi connectivity index (χ0) is 20.4. The number of halogens is 6. The van der Waals surface area contributed by atoms with E-state index in [-0.39, 0.29) is 22.1 Å². The minimum Gasteiger partial charge on any atom is -0.478 e. The van der Waals surface area contributed by atoms with Crippen LogP contribution in [-0.2, 0) is 21.9 Å². The van der Waals surface area contributed by atoms with E-state index >= 15 is 0 Å². The van der Waals surface area contributed by atoms with Crippen molar-refractivity contribution in [2.24, 2.45) is 0 Å². The summed E-state index contributed by atoms with van der Waals surface area (Å²) in [7, 11) is 0. The first kappa shape index (κ1) is 20.0. The molecule has 6 nitrogen and oxygen atoms in total. The van der Waals surface area contributed by atoms with Gasteiger partial charge in [0.2, 0.25) is 5.91 Å². The molecular formula is C15H9F6N3O3. The lowest BCUT2D eigenvalue weighted by molar-refractivity contribution is -0.143. The van der Waals surface area contributed by atoms with Crippen molar-refractivity contribution in [3.63, 3.8) is 0 Å². The summed E-state index contributed by atoms with van der Waals surface area (Å²) in [5, 5.41) is 13.6. The molecule has 2 N–H and O–H groups in total. The van der Waals surface area contributed by atoms with Crippen molar-refractivity contribution in [2.45, 2.75) is 12.4 Å². The third-order valence-electron chi connectivity index (χ3n) is 3.05. The maximum atomic E-state index is 13.0. The molecule has 27 heavy (non-hydrogen) atoms. The summed E-state index contributed by atoms with van der Waals surface area (Å²) in [6, 6.07) is 4.16. The predicted octanol–water partition coefficient (Wildman–Crippen LogP) is 3.49. The number of carbonyl (C=O) groups excluding carboxylic acids is 1. The number of aromatic nitrogens is 2. The van der Waals surface area contributed by atoms with E-state index in [2.05, 4.69) is 10.4 Å². The van der Waals surface area contributed by atoms with Gasteiger partial charge >= 0.3 is 18.3 Å². The molecule has 1 aromatic carbocycles. The van der Waals surface area contributed by atoms with Gasteiger partial charge in [-0.05, 0) is 24.3 Å². The molecule has 1 aromatic heterocycles. The van der Waals surface area contributed by atoms with E-state index in [4.69, 9.17) is 5.11 Å². The van der Waals surface area contributed by atoms with Crippen LogP contribution in [0.4, 0.5) is 32.0 Å². The molecule has 0 spiro atoms. The summed E-state index contributed by atoms with van der Waals surface area (Å²) in [5.74, 6) is -2.18. The van der Waals surface area contributed by atoms with Gasteiger partial charge < -0.3 is 10.4 Å². The Balaban J connectivity index is 2.33. The molecule has 0 aliphatic carbocycles. The van der Waals surface area contributed by atoms with Gasteiger partial charge in [-0.2, -0.15) is 31.4 Å². The highest BCUT2D eigenvalue weighted by atomic mass is 19.4. The number of benzene rings is 1. The number of carboxylic acid groups (broad SMARTS) is 1. The number of amides is 1. The Kier molecular flexibility index (Phi) is 5.28. The average molecular weight is 393 g/mol. The second-order valence-electron chi connectivity index (χ2n) is 5.03. The van der Waals surface area contributed by atoms with E-state index in [0.29, 0.717) is 12.2 Å². The van der Waals surface area contributed by atoms with Crippen LogP contribution >= 0.6 is 0 Å². The van der Waals surface area contributed by atoms with Crippen molar-refractivity contribution in [1.29, 1.82) is 0 Å². The molecule has 0 atom stereocenters. The molecule has 2 aromatic rings. The van der Waals surface area contributed by atoms with Gasteiger partial charge in [0, 0.05) is 23.9 Å². The summed E-state index contributed by atoms with van der Waals surface area (Å²) < 4.78 is 77.1. The van der Waals surface area contributed by atoms with Crippen LogP contribution in [0.5, 0.6) is 0 Å². The molecule has 0 unspecified atom stereocenters. The lowest BCUT2D eigenvalue weighted by atomic mass is 10.2. The van der Waals surface area contributed by atoms with E-state index in [0.717, 1.165) is 24.3 Å². The normalized spacial score (nSPS) is 12.4. The number of nitrogens with one attached hydrogen (secondary N) is 1. The van der Waals surface area contributed by atoms with Crippen LogP contribution in [0.3, 0.4) is 0 Å². The molecule has 0 aliphatic heterocycles. The van der Waals surface area contributed by atoms with Gasteiger partial charge in [-0.3, -0.25) is 4.79 Å². The fourth-order valence-electron chi connectivity index (χ4n) is 1.94. The van der Waals surface area contributed by atoms with Gasteiger partial charge in [0.15, 0.2) is 5.69 Å². The van der Waals surface area contributed by atoms with E-state index in [1.54, 1.807) is 0 Å². The smallest absolute Gasteiger partial charge is 0.435 e. The van der Waals surface area contributed by atoms with Crippen LogP contribution in [0.2, 0.25) is 0 Å². The Bertz CT molecular complexity index is 882. The Morgan fingerprint density at radius 3 is 2.07 bits per heavy atom.